The summed E-state index contributed by atoms with van der Waals surface area (Å²) in [6, 6.07) is 14.7. The predicted octanol–water partition coefficient (Wildman–Crippen LogP) is 3.80. The number of hydrogen-bond acceptors (Lipinski definition) is 6. The summed E-state index contributed by atoms with van der Waals surface area (Å²) in [5.41, 5.74) is 11.3. The van der Waals surface area contributed by atoms with E-state index < -0.39 is 0 Å². The van der Waals surface area contributed by atoms with E-state index in [0.29, 0.717) is 0 Å². The zero-order valence-electron chi connectivity index (χ0n) is 16.3. The Kier molecular flexibility index (Phi) is 4.54. The zero-order valence-corrected chi connectivity index (χ0v) is 16.3. The largest absolute Gasteiger partial charge is 0.338 e. The molecule has 2 aliphatic rings. The second-order valence-corrected chi connectivity index (χ2v) is 7.29. The number of aryl methyl sites for hydroxylation is 1. The number of rotatable bonds is 4. The van der Waals surface area contributed by atoms with Crippen LogP contribution in [-0.2, 0) is 6.42 Å². The molecule has 2 aromatic heterocycles. The molecule has 0 unspecified atom stereocenters. The van der Waals surface area contributed by atoms with Gasteiger partial charge in [0.05, 0.1) is 24.1 Å². The molecule has 0 aliphatic carbocycles. The number of anilines is 2. The highest BCUT2D eigenvalue weighted by Gasteiger charge is 2.25. The molecule has 3 aromatic rings. The van der Waals surface area contributed by atoms with Gasteiger partial charge in [-0.05, 0) is 37.1 Å². The summed E-state index contributed by atoms with van der Waals surface area (Å²) in [5, 5.41) is 5.47. The minimum absolute atomic E-state index is 0.722. The molecule has 0 amide bonds. The quantitative estimate of drug-likeness (QED) is 0.718. The van der Waals surface area contributed by atoms with Crippen molar-refractivity contribution in [3.8, 4) is 0 Å². The second-order valence-electron chi connectivity index (χ2n) is 7.29. The molecule has 2 aliphatic heterocycles. The van der Waals surface area contributed by atoms with Crippen molar-refractivity contribution in [3.05, 3.63) is 83.3 Å². The van der Waals surface area contributed by atoms with Crippen LogP contribution >= 0.6 is 0 Å². The summed E-state index contributed by atoms with van der Waals surface area (Å²) in [6.45, 7) is 3.68. The van der Waals surface area contributed by atoms with Gasteiger partial charge in [0.1, 0.15) is 12.2 Å². The standard InChI is InChI=1S/C23H22N6/c1-16-4-6-17(7-5-16)8-12-27-29-14-20-18-9-11-24-13-21(18)28-23-19(3-2-10-25-23)22(20)26-15-29/h2-7,9-11,13,15,27H,8,12,14H2,1H3,(H,25,28). The number of nitrogens with one attached hydrogen (secondary N) is 2. The Morgan fingerprint density at radius 1 is 1.07 bits per heavy atom. The lowest BCUT2D eigenvalue weighted by atomic mass is 10.0. The average Bonchev–Trinajstić information content (AvgIpc) is 2.89. The molecule has 0 fully saturated rings. The van der Waals surface area contributed by atoms with E-state index in [-0.39, 0.29) is 0 Å². The lowest BCUT2D eigenvalue weighted by molar-refractivity contribution is 0.351. The number of nitrogens with zero attached hydrogens (tertiary/aromatic N) is 4. The fraction of sp³-hybridized carbons (Fsp3) is 0.174. The SMILES string of the molecule is Cc1ccc(CCNN2C=NC3=C(C2)c2ccncc2Nc2ncccc23)cc1. The molecule has 2 N–H and O–H groups in total. The van der Waals surface area contributed by atoms with Crippen molar-refractivity contribution in [3.63, 3.8) is 0 Å². The fourth-order valence-corrected chi connectivity index (χ4v) is 3.71. The van der Waals surface area contributed by atoms with Gasteiger partial charge in [-0.3, -0.25) is 9.99 Å². The van der Waals surface area contributed by atoms with E-state index in [1.807, 2.05) is 30.9 Å². The molecule has 5 rings (SSSR count). The van der Waals surface area contributed by atoms with Gasteiger partial charge in [-0.15, -0.1) is 0 Å². The summed E-state index contributed by atoms with van der Waals surface area (Å²) in [5.74, 6) is 0.810. The molecule has 29 heavy (non-hydrogen) atoms. The van der Waals surface area contributed by atoms with Crippen molar-refractivity contribution < 1.29 is 0 Å². The van der Waals surface area contributed by atoms with Crippen molar-refractivity contribution in [2.24, 2.45) is 4.99 Å². The number of fused-ring (bicyclic) bond motifs is 4. The van der Waals surface area contributed by atoms with Crippen LogP contribution in [0.2, 0.25) is 0 Å². The third kappa shape index (κ3) is 3.50. The molecule has 0 bridgehead atoms. The molecule has 6 heteroatoms. The van der Waals surface area contributed by atoms with Gasteiger partial charge in [-0.1, -0.05) is 29.8 Å². The van der Waals surface area contributed by atoms with Crippen molar-refractivity contribution in [2.75, 3.05) is 18.4 Å². The van der Waals surface area contributed by atoms with Gasteiger partial charge in [0.15, 0.2) is 0 Å². The smallest absolute Gasteiger partial charge is 0.139 e. The molecule has 0 saturated carbocycles. The predicted molar refractivity (Wildman–Crippen MR) is 117 cm³/mol. The van der Waals surface area contributed by atoms with E-state index >= 15 is 0 Å². The van der Waals surface area contributed by atoms with Crippen molar-refractivity contribution in [2.45, 2.75) is 13.3 Å². The van der Waals surface area contributed by atoms with Gasteiger partial charge in [-0.2, -0.15) is 0 Å². The number of hydrazine groups is 1. The maximum Gasteiger partial charge on any atom is 0.139 e. The number of pyridine rings is 2. The zero-order chi connectivity index (χ0) is 19.6. The summed E-state index contributed by atoms with van der Waals surface area (Å²) in [4.78, 5) is 13.6. The molecule has 1 aromatic carbocycles. The summed E-state index contributed by atoms with van der Waals surface area (Å²) in [6.07, 6.45) is 8.29. The monoisotopic (exact) mass is 382 g/mol. The van der Waals surface area contributed by atoms with Gasteiger partial charge >= 0.3 is 0 Å². The van der Waals surface area contributed by atoms with E-state index in [0.717, 1.165) is 53.4 Å². The number of hydrogen-bond donors (Lipinski definition) is 2. The fourth-order valence-electron chi connectivity index (χ4n) is 3.71. The van der Waals surface area contributed by atoms with Crippen LogP contribution in [0.1, 0.15) is 22.3 Å². The highest BCUT2D eigenvalue weighted by Crippen LogP contribution is 2.40. The first-order chi connectivity index (χ1) is 14.3. The Bertz CT molecular complexity index is 1100. The molecule has 6 nitrogen and oxygen atoms in total. The average molecular weight is 382 g/mol. The number of aliphatic imine (C=N–C) groups is 1. The van der Waals surface area contributed by atoms with Crippen LogP contribution in [0.5, 0.6) is 0 Å². The van der Waals surface area contributed by atoms with Crippen LogP contribution in [-0.4, -0.2) is 34.4 Å². The van der Waals surface area contributed by atoms with Gasteiger partial charge in [0.25, 0.3) is 0 Å². The van der Waals surface area contributed by atoms with Crippen molar-refractivity contribution in [1.82, 2.24) is 20.4 Å². The second kappa shape index (κ2) is 7.48. The minimum atomic E-state index is 0.722. The van der Waals surface area contributed by atoms with Gasteiger partial charge in [-0.25, -0.2) is 15.4 Å². The third-order valence-electron chi connectivity index (χ3n) is 5.25. The number of aromatic nitrogens is 2. The minimum Gasteiger partial charge on any atom is -0.338 e. The molecular weight excluding hydrogens is 360 g/mol. The summed E-state index contributed by atoms with van der Waals surface area (Å²) < 4.78 is 0. The molecule has 0 spiro atoms. The molecule has 0 radical (unpaired) electrons. The Labute approximate surface area is 170 Å². The molecule has 0 atom stereocenters. The Hall–Kier alpha value is -3.51. The summed E-state index contributed by atoms with van der Waals surface area (Å²) >= 11 is 0. The topological polar surface area (TPSA) is 65.4 Å². The van der Waals surface area contributed by atoms with Gasteiger partial charge in [0, 0.05) is 35.6 Å². The Balaban J connectivity index is 1.38. The first-order valence-electron chi connectivity index (χ1n) is 9.78. The Morgan fingerprint density at radius 3 is 2.86 bits per heavy atom. The molecule has 4 heterocycles. The van der Waals surface area contributed by atoms with Crippen molar-refractivity contribution in [1.29, 1.82) is 0 Å². The summed E-state index contributed by atoms with van der Waals surface area (Å²) in [7, 11) is 0. The maximum absolute atomic E-state index is 4.79. The highest BCUT2D eigenvalue weighted by atomic mass is 15.5. The lowest BCUT2D eigenvalue weighted by Gasteiger charge is -2.27. The Morgan fingerprint density at radius 2 is 1.97 bits per heavy atom. The first-order valence-corrected chi connectivity index (χ1v) is 9.78. The van der Waals surface area contributed by atoms with E-state index in [2.05, 4.69) is 63.0 Å². The van der Waals surface area contributed by atoms with E-state index in [1.165, 1.54) is 11.1 Å². The van der Waals surface area contributed by atoms with Crippen LogP contribution < -0.4 is 10.7 Å². The maximum atomic E-state index is 4.79. The molecular formula is C23H22N6. The van der Waals surface area contributed by atoms with Gasteiger partial charge in [0.2, 0.25) is 0 Å². The van der Waals surface area contributed by atoms with Crippen LogP contribution in [0.15, 0.2) is 66.0 Å². The van der Waals surface area contributed by atoms with Crippen molar-refractivity contribution >= 4 is 29.1 Å². The molecule has 144 valence electrons. The number of benzene rings is 1. The van der Waals surface area contributed by atoms with Crippen LogP contribution in [0.4, 0.5) is 11.5 Å². The van der Waals surface area contributed by atoms with E-state index in [4.69, 9.17) is 4.99 Å². The normalized spacial score (nSPS) is 14.6. The first kappa shape index (κ1) is 17.6. The van der Waals surface area contributed by atoms with Crippen LogP contribution in [0.25, 0.3) is 11.3 Å². The van der Waals surface area contributed by atoms with Gasteiger partial charge < -0.3 is 5.32 Å². The van der Waals surface area contributed by atoms with E-state index in [9.17, 15) is 0 Å². The van der Waals surface area contributed by atoms with Crippen LogP contribution in [0, 0.1) is 6.92 Å². The van der Waals surface area contributed by atoms with E-state index in [1.54, 1.807) is 6.20 Å². The lowest BCUT2D eigenvalue weighted by Crippen LogP contribution is -2.40. The molecule has 0 saturated heterocycles. The highest BCUT2D eigenvalue weighted by molar-refractivity contribution is 6.03. The van der Waals surface area contributed by atoms with Crippen LogP contribution in [0.3, 0.4) is 0 Å². The third-order valence-corrected chi connectivity index (χ3v) is 5.25.